The second-order valence-corrected chi connectivity index (χ2v) is 5.60. The molecule has 0 radical (unpaired) electrons. The molecule has 0 bridgehead atoms. The lowest BCUT2D eigenvalue weighted by Crippen LogP contribution is -2.52. The minimum absolute atomic E-state index is 0.275. The molecule has 2 heterocycles. The van der Waals surface area contributed by atoms with Crippen LogP contribution >= 0.6 is 0 Å². The predicted molar refractivity (Wildman–Crippen MR) is 66.8 cm³/mol. The fourth-order valence-corrected chi connectivity index (χ4v) is 3.02. The van der Waals surface area contributed by atoms with E-state index in [9.17, 15) is 4.79 Å². The molecule has 1 N–H and O–H groups in total. The van der Waals surface area contributed by atoms with E-state index in [-0.39, 0.29) is 5.91 Å². The van der Waals surface area contributed by atoms with Crippen LogP contribution in [0.2, 0.25) is 0 Å². The van der Waals surface area contributed by atoms with Crippen LogP contribution in [-0.2, 0) is 9.53 Å². The van der Waals surface area contributed by atoms with Gasteiger partial charge in [0.25, 0.3) is 0 Å². The Morgan fingerprint density at radius 3 is 2.47 bits per heavy atom. The first kappa shape index (κ1) is 12.8. The second-order valence-electron chi connectivity index (χ2n) is 5.60. The van der Waals surface area contributed by atoms with Gasteiger partial charge in [0, 0.05) is 32.1 Å². The summed E-state index contributed by atoms with van der Waals surface area (Å²) >= 11 is 0. The molecule has 1 amide bonds. The first-order valence-corrected chi connectivity index (χ1v) is 6.70. The predicted octanol–water partition coefficient (Wildman–Crippen LogP) is 1.15. The number of likely N-dealkylation sites (tertiary alicyclic amines) is 1. The minimum atomic E-state index is 0.275. The summed E-state index contributed by atoms with van der Waals surface area (Å²) in [6, 6.07) is 1.00. The van der Waals surface area contributed by atoms with Gasteiger partial charge >= 0.3 is 0 Å². The molecule has 2 aliphatic rings. The zero-order valence-electron chi connectivity index (χ0n) is 11.1. The Morgan fingerprint density at radius 1 is 1.24 bits per heavy atom. The number of hydrogen-bond acceptors (Lipinski definition) is 3. The van der Waals surface area contributed by atoms with Crippen LogP contribution in [0.15, 0.2) is 0 Å². The summed E-state index contributed by atoms with van der Waals surface area (Å²) in [6.45, 7) is 5.13. The highest BCUT2D eigenvalue weighted by molar-refractivity contribution is 5.76. The Bertz CT molecular complexity index is 273. The third kappa shape index (κ3) is 3.42. The highest BCUT2D eigenvalue weighted by atomic mass is 16.5. The van der Waals surface area contributed by atoms with E-state index in [2.05, 4.69) is 19.2 Å². The average Bonchev–Trinajstić information content (AvgIpc) is 2.22. The van der Waals surface area contributed by atoms with Crippen molar-refractivity contribution in [2.24, 2.45) is 0 Å². The Balaban J connectivity index is 1.82. The van der Waals surface area contributed by atoms with Gasteiger partial charge in [0.05, 0.1) is 12.2 Å². The zero-order chi connectivity index (χ0) is 12.4. The number of nitrogens with one attached hydrogen (secondary N) is 1. The van der Waals surface area contributed by atoms with Gasteiger partial charge in [0.2, 0.25) is 5.91 Å². The van der Waals surface area contributed by atoms with Crippen molar-refractivity contribution in [2.75, 3.05) is 13.6 Å². The topological polar surface area (TPSA) is 41.6 Å². The number of carbonyl (C=O) groups is 1. The average molecular weight is 240 g/mol. The monoisotopic (exact) mass is 240 g/mol. The molecule has 17 heavy (non-hydrogen) atoms. The molecule has 0 spiro atoms. The molecule has 0 aromatic carbocycles. The number of carbonyl (C=O) groups excluding carboxylic acids is 1. The molecule has 2 rings (SSSR count). The van der Waals surface area contributed by atoms with Crippen molar-refractivity contribution in [1.29, 1.82) is 0 Å². The third-order valence-electron chi connectivity index (χ3n) is 3.80. The van der Waals surface area contributed by atoms with E-state index in [0.717, 1.165) is 25.8 Å². The van der Waals surface area contributed by atoms with Crippen molar-refractivity contribution < 1.29 is 9.53 Å². The van der Waals surface area contributed by atoms with E-state index < -0.39 is 0 Å². The molecule has 3 unspecified atom stereocenters. The Morgan fingerprint density at radius 2 is 1.88 bits per heavy atom. The first-order valence-electron chi connectivity index (χ1n) is 6.70. The summed E-state index contributed by atoms with van der Waals surface area (Å²) < 4.78 is 5.74. The van der Waals surface area contributed by atoms with Gasteiger partial charge in [-0.2, -0.15) is 0 Å². The van der Waals surface area contributed by atoms with Crippen LogP contribution in [0.1, 0.15) is 39.5 Å². The van der Waals surface area contributed by atoms with Gasteiger partial charge in [-0.3, -0.25) is 4.79 Å². The first-order chi connectivity index (χ1) is 8.04. The van der Waals surface area contributed by atoms with Gasteiger partial charge < -0.3 is 15.0 Å². The maximum Gasteiger partial charge on any atom is 0.222 e. The van der Waals surface area contributed by atoms with Crippen LogP contribution in [0.3, 0.4) is 0 Å². The molecule has 0 aliphatic carbocycles. The third-order valence-corrected chi connectivity index (χ3v) is 3.80. The molecular formula is C13H24N2O2. The summed E-state index contributed by atoms with van der Waals surface area (Å²) in [5.41, 5.74) is 0. The molecule has 98 valence electrons. The largest absolute Gasteiger partial charge is 0.375 e. The molecule has 4 nitrogen and oxygen atoms in total. The van der Waals surface area contributed by atoms with Crippen LogP contribution < -0.4 is 5.32 Å². The van der Waals surface area contributed by atoms with Crippen LogP contribution in [0, 0.1) is 0 Å². The minimum Gasteiger partial charge on any atom is -0.375 e. The molecule has 0 aromatic rings. The summed E-state index contributed by atoms with van der Waals surface area (Å²) in [4.78, 5) is 13.3. The number of rotatable bonds is 2. The summed E-state index contributed by atoms with van der Waals surface area (Å²) in [6.07, 6.45) is 4.52. The number of hydrogen-bond donors (Lipinski definition) is 1. The molecule has 2 aliphatic heterocycles. The van der Waals surface area contributed by atoms with Crippen molar-refractivity contribution in [2.45, 2.75) is 63.8 Å². The molecule has 4 heteroatoms. The van der Waals surface area contributed by atoms with Gasteiger partial charge in [-0.25, -0.2) is 0 Å². The zero-order valence-corrected chi connectivity index (χ0v) is 11.1. The van der Waals surface area contributed by atoms with Gasteiger partial charge in [0.1, 0.15) is 0 Å². The lowest BCUT2D eigenvalue weighted by molar-refractivity contribution is -0.132. The van der Waals surface area contributed by atoms with E-state index in [4.69, 9.17) is 4.74 Å². The quantitative estimate of drug-likeness (QED) is 0.787. The van der Waals surface area contributed by atoms with E-state index in [1.54, 1.807) is 0 Å². The van der Waals surface area contributed by atoms with Gasteiger partial charge in [0.15, 0.2) is 0 Å². The van der Waals surface area contributed by atoms with Crippen LogP contribution in [-0.4, -0.2) is 48.7 Å². The normalized spacial score (nSPS) is 39.5. The van der Waals surface area contributed by atoms with Crippen molar-refractivity contribution >= 4 is 5.91 Å². The summed E-state index contributed by atoms with van der Waals surface area (Å²) in [5, 5.41) is 3.70. The highest BCUT2D eigenvalue weighted by Gasteiger charge is 2.29. The van der Waals surface area contributed by atoms with Gasteiger partial charge in [-0.1, -0.05) is 0 Å². The van der Waals surface area contributed by atoms with Gasteiger partial charge in [-0.15, -0.1) is 0 Å². The molecular weight excluding hydrogens is 216 g/mol. The SMILES string of the molecule is CC1CC(NC2CCC(=O)N(C)C2)CC(C)O1. The lowest BCUT2D eigenvalue weighted by Gasteiger charge is -2.37. The summed E-state index contributed by atoms with van der Waals surface area (Å²) in [5.74, 6) is 0.275. The summed E-state index contributed by atoms with van der Waals surface area (Å²) in [7, 11) is 1.89. The fourth-order valence-electron chi connectivity index (χ4n) is 3.02. The van der Waals surface area contributed by atoms with Crippen molar-refractivity contribution in [1.82, 2.24) is 10.2 Å². The van der Waals surface area contributed by atoms with Crippen LogP contribution in [0.25, 0.3) is 0 Å². The van der Waals surface area contributed by atoms with E-state index >= 15 is 0 Å². The highest BCUT2D eigenvalue weighted by Crippen LogP contribution is 2.21. The number of piperidine rings is 1. The maximum absolute atomic E-state index is 11.4. The molecule has 3 atom stereocenters. The number of ether oxygens (including phenoxy) is 1. The molecule has 2 fully saturated rings. The molecule has 0 aromatic heterocycles. The van der Waals surface area contributed by atoms with Crippen LogP contribution in [0.5, 0.6) is 0 Å². The Labute approximate surface area is 104 Å². The van der Waals surface area contributed by atoms with Crippen molar-refractivity contribution in [3.63, 3.8) is 0 Å². The van der Waals surface area contributed by atoms with Crippen LogP contribution in [0.4, 0.5) is 0 Å². The second kappa shape index (κ2) is 5.36. The van der Waals surface area contributed by atoms with E-state index in [1.165, 1.54) is 0 Å². The molecule has 0 saturated carbocycles. The van der Waals surface area contributed by atoms with Gasteiger partial charge in [-0.05, 0) is 33.1 Å². The van der Waals surface area contributed by atoms with Crippen molar-refractivity contribution in [3.05, 3.63) is 0 Å². The van der Waals surface area contributed by atoms with E-state index in [0.29, 0.717) is 30.7 Å². The Hall–Kier alpha value is -0.610. The van der Waals surface area contributed by atoms with Crippen molar-refractivity contribution in [3.8, 4) is 0 Å². The fraction of sp³-hybridized carbons (Fsp3) is 0.923. The van der Waals surface area contributed by atoms with E-state index in [1.807, 2.05) is 11.9 Å². The standard InChI is InChI=1S/C13H24N2O2/c1-9-6-12(7-10(2)17-9)14-11-4-5-13(16)15(3)8-11/h9-12,14H,4-8H2,1-3H3. The smallest absolute Gasteiger partial charge is 0.222 e. The molecule has 2 saturated heterocycles. The number of likely N-dealkylation sites (N-methyl/N-ethyl adjacent to an activating group) is 1. The number of amides is 1. The Kier molecular flexibility index (Phi) is 4.05. The number of nitrogens with zero attached hydrogens (tertiary/aromatic N) is 1. The lowest BCUT2D eigenvalue weighted by atomic mass is 9.97. The maximum atomic E-state index is 11.4.